The van der Waals surface area contributed by atoms with Crippen LogP contribution in [-0.4, -0.2) is 25.7 Å². The molecule has 0 radical (unpaired) electrons. The first-order chi connectivity index (χ1) is 9.48. The molecule has 4 nitrogen and oxygen atoms in total. The van der Waals surface area contributed by atoms with Crippen molar-refractivity contribution < 1.29 is 9.53 Å². The van der Waals surface area contributed by atoms with E-state index in [1.165, 1.54) is 0 Å². The molecule has 1 aliphatic heterocycles. The molecule has 0 unspecified atom stereocenters. The van der Waals surface area contributed by atoms with E-state index in [2.05, 4.69) is 37.2 Å². The van der Waals surface area contributed by atoms with E-state index in [4.69, 9.17) is 10.5 Å². The monoisotopic (exact) mass is 404 g/mol. The lowest BCUT2D eigenvalue weighted by atomic mass is 9.79. The summed E-state index contributed by atoms with van der Waals surface area (Å²) in [4.78, 5) is 12.6. The van der Waals surface area contributed by atoms with Gasteiger partial charge in [0.15, 0.2) is 0 Å². The Labute approximate surface area is 135 Å². The Morgan fingerprint density at radius 3 is 2.40 bits per heavy atom. The summed E-state index contributed by atoms with van der Waals surface area (Å²) in [6.07, 6.45) is 1.33. The van der Waals surface area contributed by atoms with E-state index in [1.54, 1.807) is 0 Å². The minimum Gasteiger partial charge on any atom is -0.381 e. The van der Waals surface area contributed by atoms with Crippen molar-refractivity contribution in [3.05, 3.63) is 26.6 Å². The number of carbonyl (C=O) groups excluding carboxylic acids is 1. The topological polar surface area (TPSA) is 64.4 Å². The zero-order chi connectivity index (χ0) is 14.8. The van der Waals surface area contributed by atoms with Crippen molar-refractivity contribution in [3.63, 3.8) is 0 Å². The molecule has 20 heavy (non-hydrogen) atoms. The number of ether oxygens (including phenoxy) is 1. The van der Waals surface area contributed by atoms with Crippen molar-refractivity contribution in [1.29, 1.82) is 0 Å². The molecule has 110 valence electrons. The molecule has 1 aliphatic rings. The molecular weight excluding hydrogens is 388 g/mol. The Balaban J connectivity index is 2.23. The zero-order valence-corrected chi connectivity index (χ0v) is 14.5. The van der Waals surface area contributed by atoms with Gasteiger partial charge >= 0.3 is 0 Å². The van der Waals surface area contributed by atoms with E-state index in [1.807, 2.05) is 19.1 Å². The number of hydrogen-bond donors (Lipinski definition) is 2. The zero-order valence-electron chi connectivity index (χ0n) is 11.3. The fourth-order valence-electron chi connectivity index (χ4n) is 2.35. The first kappa shape index (κ1) is 15.9. The van der Waals surface area contributed by atoms with Crippen LogP contribution in [0.5, 0.6) is 0 Å². The second-order valence-corrected chi connectivity index (χ2v) is 6.86. The summed E-state index contributed by atoms with van der Waals surface area (Å²) in [5, 5.41) is 3.00. The number of hydrogen-bond acceptors (Lipinski definition) is 3. The van der Waals surface area contributed by atoms with Gasteiger partial charge in [-0.2, -0.15) is 0 Å². The van der Waals surface area contributed by atoms with Gasteiger partial charge < -0.3 is 15.8 Å². The minimum absolute atomic E-state index is 0.0337. The molecule has 0 saturated carbocycles. The molecule has 1 fully saturated rings. The molecule has 1 aromatic carbocycles. The van der Waals surface area contributed by atoms with Gasteiger partial charge in [-0.25, -0.2) is 0 Å². The smallest absolute Gasteiger partial charge is 0.232 e. The molecule has 1 saturated heterocycles. The Hall–Kier alpha value is -0.430. The maximum Gasteiger partial charge on any atom is 0.232 e. The fraction of sp³-hybridized carbons (Fsp3) is 0.500. The van der Waals surface area contributed by atoms with Crippen LogP contribution in [0.3, 0.4) is 0 Å². The number of aryl methyl sites for hydroxylation is 1. The number of benzene rings is 1. The maximum absolute atomic E-state index is 12.6. The summed E-state index contributed by atoms with van der Waals surface area (Å²) >= 11 is 6.98. The predicted molar refractivity (Wildman–Crippen MR) is 86.7 cm³/mol. The standard InChI is InChI=1S/C14H18Br2N2O2/c1-9-6-10(15)12(11(16)7-9)18-13(19)14(8-17)2-4-20-5-3-14/h6-7H,2-5,8,17H2,1H3,(H,18,19). The Morgan fingerprint density at radius 1 is 1.35 bits per heavy atom. The van der Waals surface area contributed by atoms with Crippen LogP contribution >= 0.6 is 31.9 Å². The third-order valence-corrected chi connectivity index (χ3v) is 5.00. The maximum atomic E-state index is 12.6. The Bertz CT molecular complexity index is 491. The minimum atomic E-state index is -0.526. The summed E-state index contributed by atoms with van der Waals surface area (Å²) in [6.45, 7) is 3.51. The predicted octanol–water partition coefficient (Wildman–Crippen LogP) is 3.21. The van der Waals surface area contributed by atoms with Crippen molar-refractivity contribution in [2.45, 2.75) is 19.8 Å². The molecule has 0 bridgehead atoms. The Kier molecular flexibility index (Phi) is 5.23. The fourth-order valence-corrected chi connectivity index (χ4v) is 3.97. The normalized spacial score (nSPS) is 17.8. The second kappa shape index (κ2) is 6.56. The third-order valence-electron chi connectivity index (χ3n) is 3.75. The van der Waals surface area contributed by atoms with Gasteiger partial charge in [0.25, 0.3) is 0 Å². The molecule has 3 N–H and O–H groups in total. The van der Waals surface area contributed by atoms with E-state index < -0.39 is 5.41 Å². The van der Waals surface area contributed by atoms with E-state index >= 15 is 0 Å². The summed E-state index contributed by atoms with van der Waals surface area (Å²) in [5.41, 5.74) is 7.19. The van der Waals surface area contributed by atoms with Gasteiger partial charge in [-0.1, -0.05) is 0 Å². The van der Waals surface area contributed by atoms with Gasteiger partial charge in [0.05, 0.1) is 11.1 Å². The van der Waals surface area contributed by atoms with E-state index in [-0.39, 0.29) is 5.91 Å². The highest BCUT2D eigenvalue weighted by Gasteiger charge is 2.39. The van der Waals surface area contributed by atoms with Crippen LogP contribution in [0.1, 0.15) is 18.4 Å². The summed E-state index contributed by atoms with van der Waals surface area (Å²) in [5.74, 6) is -0.0337. The van der Waals surface area contributed by atoms with Gasteiger partial charge in [-0.3, -0.25) is 4.79 Å². The molecule has 0 aliphatic carbocycles. The first-order valence-corrected chi connectivity index (χ1v) is 8.12. The molecule has 2 rings (SSSR count). The highest BCUT2D eigenvalue weighted by Crippen LogP contribution is 2.36. The van der Waals surface area contributed by atoms with Crippen molar-refractivity contribution in [3.8, 4) is 0 Å². The number of nitrogens with one attached hydrogen (secondary N) is 1. The lowest BCUT2D eigenvalue weighted by Crippen LogP contribution is -2.46. The number of rotatable bonds is 3. The van der Waals surface area contributed by atoms with Crippen LogP contribution in [0.15, 0.2) is 21.1 Å². The van der Waals surface area contributed by atoms with E-state index in [0.717, 1.165) is 20.2 Å². The second-order valence-electron chi connectivity index (χ2n) is 5.15. The number of halogens is 2. The van der Waals surface area contributed by atoms with Crippen LogP contribution in [0.25, 0.3) is 0 Å². The van der Waals surface area contributed by atoms with Gasteiger partial charge in [0.2, 0.25) is 5.91 Å². The van der Waals surface area contributed by atoms with Crippen LogP contribution < -0.4 is 11.1 Å². The number of carbonyl (C=O) groups is 1. The lowest BCUT2D eigenvalue weighted by Gasteiger charge is -2.34. The van der Waals surface area contributed by atoms with E-state index in [9.17, 15) is 4.79 Å². The molecule has 1 aromatic rings. The number of anilines is 1. The lowest BCUT2D eigenvalue weighted by molar-refractivity contribution is -0.130. The van der Waals surface area contributed by atoms with Crippen LogP contribution in [0.2, 0.25) is 0 Å². The highest BCUT2D eigenvalue weighted by molar-refractivity contribution is 9.11. The molecule has 0 aromatic heterocycles. The highest BCUT2D eigenvalue weighted by atomic mass is 79.9. The van der Waals surface area contributed by atoms with Gasteiger partial charge in [0.1, 0.15) is 0 Å². The molecule has 6 heteroatoms. The first-order valence-electron chi connectivity index (χ1n) is 6.53. The molecule has 0 spiro atoms. The average Bonchev–Trinajstić information content (AvgIpc) is 2.43. The van der Waals surface area contributed by atoms with E-state index in [0.29, 0.717) is 32.6 Å². The molecular formula is C14H18Br2N2O2. The van der Waals surface area contributed by atoms with Crippen LogP contribution in [0.4, 0.5) is 5.69 Å². The van der Waals surface area contributed by atoms with Crippen LogP contribution in [-0.2, 0) is 9.53 Å². The quantitative estimate of drug-likeness (QED) is 0.811. The third kappa shape index (κ3) is 3.24. The number of nitrogens with two attached hydrogens (primary N) is 1. The largest absolute Gasteiger partial charge is 0.381 e. The van der Waals surface area contributed by atoms with Crippen LogP contribution in [0, 0.1) is 12.3 Å². The number of amides is 1. The molecule has 1 amide bonds. The van der Waals surface area contributed by atoms with Gasteiger partial charge in [0, 0.05) is 28.7 Å². The van der Waals surface area contributed by atoms with Gasteiger partial charge in [-0.05, 0) is 69.3 Å². The van der Waals surface area contributed by atoms with Gasteiger partial charge in [-0.15, -0.1) is 0 Å². The average molecular weight is 406 g/mol. The summed E-state index contributed by atoms with van der Waals surface area (Å²) < 4.78 is 7.05. The van der Waals surface area contributed by atoms with Crippen molar-refractivity contribution in [2.24, 2.45) is 11.1 Å². The molecule has 1 heterocycles. The summed E-state index contributed by atoms with van der Waals surface area (Å²) in [7, 11) is 0. The SMILES string of the molecule is Cc1cc(Br)c(NC(=O)C2(CN)CCOCC2)c(Br)c1. The van der Waals surface area contributed by atoms with Crippen molar-refractivity contribution in [2.75, 3.05) is 25.1 Å². The summed E-state index contributed by atoms with van der Waals surface area (Å²) in [6, 6.07) is 3.94. The Morgan fingerprint density at radius 2 is 1.90 bits per heavy atom. The molecule has 0 atom stereocenters. The van der Waals surface area contributed by atoms with Crippen molar-refractivity contribution in [1.82, 2.24) is 0 Å². The van der Waals surface area contributed by atoms with Crippen molar-refractivity contribution >= 4 is 43.5 Å².